The summed E-state index contributed by atoms with van der Waals surface area (Å²) in [7, 11) is 0. The molecule has 1 heterocycles. The Labute approximate surface area is 171 Å². The van der Waals surface area contributed by atoms with Gasteiger partial charge in [-0.1, -0.05) is 41.9 Å². The summed E-state index contributed by atoms with van der Waals surface area (Å²) in [5.74, 6) is -1.04. The summed E-state index contributed by atoms with van der Waals surface area (Å²) >= 11 is 7.21. The van der Waals surface area contributed by atoms with Crippen LogP contribution in [0.15, 0.2) is 54.6 Å². The number of hydrogen-bond donors (Lipinski definition) is 2. The summed E-state index contributed by atoms with van der Waals surface area (Å²) in [6, 6.07) is 14.3. The van der Waals surface area contributed by atoms with Crippen molar-refractivity contribution in [2.45, 2.75) is 19.9 Å². The quantitative estimate of drug-likeness (QED) is 0.569. The van der Waals surface area contributed by atoms with Crippen LogP contribution in [-0.4, -0.2) is 11.8 Å². The number of aryl methyl sites for hydroxylation is 1. The van der Waals surface area contributed by atoms with E-state index in [9.17, 15) is 14.0 Å². The third kappa shape index (κ3) is 4.40. The first-order valence-electron chi connectivity index (χ1n) is 8.58. The van der Waals surface area contributed by atoms with E-state index in [0.717, 1.165) is 16.9 Å². The maximum absolute atomic E-state index is 13.9. The summed E-state index contributed by atoms with van der Waals surface area (Å²) in [4.78, 5) is 25.5. The molecule has 3 rings (SSSR count). The molecule has 0 saturated carbocycles. The van der Waals surface area contributed by atoms with Crippen LogP contribution < -0.4 is 10.6 Å². The standard InChI is InChI=1S/C21H18ClFN2O2S/c1-12-11-18(25-20(26)15-8-3-5-9-16(15)22)28-19(12)21(27)24-13(2)14-7-4-6-10-17(14)23/h3-11,13H,1-2H3,(H,24,27)(H,25,26)/t13-/m0/s1. The van der Waals surface area contributed by atoms with Crippen molar-refractivity contribution in [3.63, 3.8) is 0 Å². The zero-order chi connectivity index (χ0) is 20.3. The summed E-state index contributed by atoms with van der Waals surface area (Å²) in [5, 5.41) is 6.45. The number of benzene rings is 2. The fourth-order valence-electron chi connectivity index (χ4n) is 2.76. The van der Waals surface area contributed by atoms with Crippen molar-refractivity contribution >= 4 is 39.8 Å². The van der Waals surface area contributed by atoms with Crippen LogP contribution >= 0.6 is 22.9 Å². The highest BCUT2D eigenvalue weighted by molar-refractivity contribution is 7.18. The summed E-state index contributed by atoms with van der Waals surface area (Å²) in [6.07, 6.45) is 0. The number of thiophene rings is 1. The molecule has 3 aromatic rings. The Hall–Kier alpha value is -2.70. The predicted octanol–water partition coefficient (Wildman–Crippen LogP) is 5.59. The van der Waals surface area contributed by atoms with Crippen LogP contribution in [0.5, 0.6) is 0 Å². The van der Waals surface area contributed by atoms with E-state index in [4.69, 9.17) is 11.6 Å². The Balaban J connectivity index is 1.73. The molecule has 0 aliphatic rings. The van der Waals surface area contributed by atoms with E-state index in [1.165, 1.54) is 6.07 Å². The SMILES string of the molecule is Cc1cc(NC(=O)c2ccccc2Cl)sc1C(=O)N[C@@H](C)c1ccccc1F. The molecule has 0 fully saturated rings. The number of amides is 2. The van der Waals surface area contributed by atoms with Crippen molar-refractivity contribution in [1.82, 2.24) is 5.32 Å². The number of anilines is 1. The van der Waals surface area contributed by atoms with E-state index in [0.29, 0.717) is 26.0 Å². The summed E-state index contributed by atoms with van der Waals surface area (Å²) in [6.45, 7) is 3.50. The number of halogens is 2. The minimum absolute atomic E-state index is 0.323. The van der Waals surface area contributed by atoms with Crippen LogP contribution in [-0.2, 0) is 0 Å². The minimum atomic E-state index is -0.489. The first-order chi connectivity index (χ1) is 13.4. The molecule has 4 nitrogen and oxygen atoms in total. The minimum Gasteiger partial charge on any atom is -0.345 e. The first-order valence-corrected chi connectivity index (χ1v) is 9.78. The molecule has 1 atom stereocenters. The molecule has 0 aliphatic carbocycles. The van der Waals surface area contributed by atoms with Gasteiger partial charge in [0.1, 0.15) is 5.82 Å². The lowest BCUT2D eigenvalue weighted by Crippen LogP contribution is -2.27. The molecule has 28 heavy (non-hydrogen) atoms. The average Bonchev–Trinajstić information content (AvgIpc) is 3.02. The van der Waals surface area contributed by atoms with Gasteiger partial charge in [-0.05, 0) is 43.7 Å². The van der Waals surface area contributed by atoms with E-state index >= 15 is 0 Å². The van der Waals surface area contributed by atoms with E-state index < -0.39 is 6.04 Å². The highest BCUT2D eigenvalue weighted by atomic mass is 35.5. The van der Waals surface area contributed by atoms with Gasteiger partial charge in [0.2, 0.25) is 0 Å². The van der Waals surface area contributed by atoms with Gasteiger partial charge < -0.3 is 10.6 Å². The van der Waals surface area contributed by atoms with E-state index in [1.54, 1.807) is 62.4 Å². The van der Waals surface area contributed by atoms with Gasteiger partial charge >= 0.3 is 0 Å². The van der Waals surface area contributed by atoms with Crippen LogP contribution in [0, 0.1) is 12.7 Å². The zero-order valence-corrected chi connectivity index (χ0v) is 16.8. The summed E-state index contributed by atoms with van der Waals surface area (Å²) in [5.41, 5.74) is 1.49. The van der Waals surface area contributed by atoms with Gasteiger partial charge in [-0.3, -0.25) is 9.59 Å². The number of hydrogen-bond acceptors (Lipinski definition) is 3. The third-order valence-electron chi connectivity index (χ3n) is 4.20. The van der Waals surface area contributed by atoms with Gasteiger partial charge in [-0.2, -0.15) is 0 Å². The lowest BCUT2D eigenvalue weighted by atomic mass is 10.1. The predicted molar refractivity (Wildman–Crippen MR) is 111 cm³/mol. The Morgan fingerprint density at radius 2 is 1.75 bits per heavy atom. The van der Waals surface area contributed by atoms with Crippen LogP contribution in [0.2, 0.25) is 5.02 Å². The van der Waals surface area contributed by atoms with Crippen LogP contribution in [0.3, 0.4) is 0 Å². The molecule has 0 aliphatic heterocycles. The maximum atomic E-state index is 13.9. The Morgan fingerprint density at radius 3 is 2.46 bits per heavy atom. The first kappa shape index (κ1) is 20.0. The summed E-state index contributed by atoms with van der Waals surface area (Å²) < 4.78 is 13.9. The molecular formula is C21H18ClFN2O2S. The number of carbonyl (C=O) groups excluding carboxylic acids is 2. The second-order valence-corrected chi connectivity index (χ2v) is 7.73. The fourth-order valence-corrected chi connectivity index (χ4v) is 3.95. The Kier molecular flexibility index (Phi) is 6.11. The normalized spacial score (nSPS) is 11.7. The van der Waals surface area contributed by atoms with Crippen molar-refractivity contribution in [3.8, 4) is 0 Å². The van der Waals surface area contributed by atoms with Crippen molar-refractivity contribution in [1.29, 1.82) is 0 Å². The van der Waals surface area contributed by atoms with E-state index in [2.05, 4.69) is 10.6 Å². The topological polar surface area (TPSA) is 58.2 Å². The number of rotatable bonds is 5. The smallest absolute Gasteiger partial charge is 0.262 e. The van der Waals surface area contributed by atoms with Crippen molar-refractivity contribution < 1.29 is 14.0 Å². The van der Waals surface area contributed by atoms with Gasteiger partial charge in [-0.25, -0.2) is 4.39 Å². The van der Waals surface area contributed by atoms with Crippen LogP contribution in [0.25, 0.3) is 0 Å². The zero-order valence-electron chi connectivity index (χ0n) is 15.3. The second-order valence-electron chi connectivity index (χ2n) is 6.27. The molecule has 0 unspecified atom stereocenters. The number of carbonyl (C=O) groups is 2. The largest absolute Gasteiger partial charge is 0.345 e. The van der Waals surface area contributed by atoms with Crippen molar-refractivity contribution in [2.24, 2.45) is 0 Å². The van der Waals surface area contributed by atoms with Crippen LogP contribution in [0.1, 0.15) is 44.1 Å². The molecule has 0 saturated heterocycles. The highest BCUT2D eigenvalue weighted by Crippen LogP contribution is 2.28. The maximum Gasteiger partial charge on any atom is 0.262 e. The van der Waals surface area contributed by atoms with Crippen LogP contribution in [0.4, 0.5) is 9.39 Å². The monoisotopic (exact) mass is 416 g/mol. The van der Waals surface area contributed by atoms with E-state index in [1.807, 2.05) is 0 Å². The average molecular weight is 417 g/mol. The fraction of sp³-hybridized carbons (Fsp3) is 0.143. The Bertz CT molecular complexity index is 1030. The van der Waals surface area contributed by atoms with Crippen molar-refractivity contribution in [2.75, 3.05) is 5.32 Å². The van der Waals surface area contributed by atoms with Gasteiger partial charge in [0, 0.05) is 5.56 Å². The molecule has 2 amide bonds. The van der Waals surface area contributed by atoms with Gasteiger partial charge in [-0.15, -0.1) is 11.3 Å². The van der Waals surface area contributed by atoms with Gasteiger partial charge in [0.25, 0.3) is 11.8 Å². The van der Waals surface area contributed by atoms with Gasteiger partial charge in [0.05, 0.1) is 26.5 Å². The van der Waals surface area contributed by atoms with Gasteiger partial charge in [0.15, 0.2) is 0 Å². The molecule has 1 aromatic heterocycles. The lowest BCUT2D eigenvalue weighted by molar-refractivity contribution is 0.0942. The third-order valence-corrected chi connectivity index (χ3v) is 5.68. The molecule has 0 radical (unpaired) electrons. The Morgan fingerprint density at radius 1 is 1.07 bits per heavy atom. The van der Waals surface area contributed by atoms with E-state index in [-0.39, 0.29) is 17.6 Å². The highest BCUT2D eigenvalue weighted by Gasteiger charge is 2.19. The van der Waals surface area contributed by atoms with Crippen molar-refractivity contribution in [3.05, 3.63) is 87.0 Å². The molecular weight excluding hydrogens is 399 g/mol. The number of nitrogens with one attached hydrogen (secondary N) is 2. The molecule has 2 aromatic carbocycles. The second kappa shape index (κ2) is 8.54. The molecule has 144 valence electrons. The molecule has 0 spiro atoms. The molecule has 7 heteroatoms. The molecule has 0 bridgehead atoms. The lowest BCUT2D eigenvalue weighted by Gasteiger charge is -2.14. The molecule has 2 N–H and O–H groups in total.